The molecule has 0 bridgehead atoms. The molecule has 1 aromatic heterocycles. The van der Waals surface area contributed by atoms with Gasteiger partial charge in [-0.05, 0) is 43.5 Å². The Balaban J connectivity index is 1.62. The van der Waals surface area contributed by atoms with E-state index in [1.165, 1.54) is 17.8 Å². The molecular formula is C24H24FN5O2S. The number of hydrogen-bond acceptors (Lipinski definition) is 7. The van der Waals surface area contributed by atoms with Gasteiger partial charge in [-0.25, -0.2) is 14.4 Å². The number of rotatable bonds is 5. The lowest BCUT2D eigenvalue weighted by atomic mass is 10.1. The van der Waals surface area contributed by atoms with Gasteiger partial charge in [0.25, 0.3) is 5.91 Å². The zero-order valence-corrected chi connectivity index (χ0v) is 19.2. The number of carbonyl (C=O) groups is 1. The maximum absolute atomic E-state index is 14.2. The van der Waals surface area contributed by atoms with Crippen molar-refractivity contribution in [2.75, 3.05) is 37.9 Å². The van der Waals surface area contributed by atoms with E-state index in [1.807, 2.05) is 13.2 Å². The van der Waals surface area contributed by atoms with Crippen LogP contribution in [0.3, 0.4) is 0 Å². The highest BCUT2D eigenvalue weighted by Crippen LogP contribution is 2.27. The van der Waals surface area contributed by atoms with Crippen LogP contribution in [0.2, 0.25) is 0 Å². The standard InChI is InChI=1S/C24H24FN5O2S/c1-15-3-6-20(25)19(11-15)17-13-27-24(28-14-17)29-21-12-16(4-5-18(21)22(26)33-2)23(31)30-7-9-32-10-8-30/h3-6,11-14,26H,7-10H2,1-2H3,(H,27,28,29). The van der Waals surface area contributed by atoms with Gasteiger partial charge in [0.15, 0.2) is 0 Å². The molecule has 2 heterocycles. The fraction of sp³-hybridized carbons (Fsp3) is 0.250. The molecule has 1 fully saturated rings. The van der Waals surface area contributed by atoms with Crippen LogP contribution in [0.4, 0.5) is 16.0 Å². The molecule has 170 valence electrons. The highest BCUT2D eigenvalue weighted by molar-refractivity contribution is 8.13. The maximum Gasteiger partial charge on any atom is 0.254 e. The molecule has 0 spiro atoms. The Morgan fingerprint density at radius 2 is 1.88 bits per heavy atom. The van der Waals surface area contributed by atoms with Gasteiger partial charge >= 0.3 is 0 Å². The first kappa shape index (κ1) is 22.9. The lowest BCUT2D eigenvalue weighted by Gasteiger charge is -2.27. The smallest absolute Gasteiger partial charge is 0.254 e. The van der Waals surface area contributed by atoms with E-state index in [9.17, 15) is 9.18 Å². The number of hydrogen-bond donors (Lipinski definition) is 2. The maximum atomic E-state index is 14.2. The molecule has 0 aliphatic carbocycles. The van der Waals surface area contributed by atoms with Crippen molar-refractivity contribution in [3.05, 3.63) is 71.3 Å². The van der Waals surface area contributed by atoms with Crippen molar-refractivity contribution >= 4 is 34.3 Å². The monoisotopic (exact) mass is 465 g/mol. The minimum absolute atomic E-state index is 0.0882. The van der Waals surface area contributed by atoms with Gasteiger partial charge in [0.2, 0.25) is 5.95 Å². The molecule has 0 unspecified atom stereocenters. The molecule has 0 atom stereocenters. The zero-order valence-electron chi connectivity index (χ0n) is 18.4. The van der Waals surface area contributed by atoms with Gasteiger partial charge in [0, 0.05) is 47.7 Å². The molecule has 3 aromatic rings. The molecular weight excluding hydrogens is 441 g/mol. The third-order valence-corrected chi connectivity index (χ3v) is 5.97. The van der Waals surface area contributed by atoms with Crippen molar-refractivity contribution in [3.63, 3.8) is 0 Å². The summed E-state index contributed by atoms with van der Waals surface area (Å²) in [6, 6.07) is 10.1. The van der Waals surface area contributed by atoms with Crippen LogP contribution in [-0.2, 0) is 4.74 Å². The predicted octanol–water partition coefficient (Wildman–Crippen LogP) is 4.50. The lowest BCUT2D eigenvalue weighted by molar-refractivity contribution is 0.0303. The first-order chi connectivity index (χ1) is 16.0. The number of carbonyl (C=O) groups excluding carboxylic acids is 1. The second-order valence-corrected chi connectivity index (χ2v) is 8.42. The number of ether oxygens (including phenoxy) is 1. The molecule has 4 rings (SSSR count). The SMILES string of the molecule is CSC(=N)c1ccc(C(=O)N2CCOCC2)cc1Nc1ncc(-c2cc(C)ccc2F)cn1. The van der Waals surface area contributed by atoms with E-state index < -0.39 is 0 Å². The molecule has 7 nitrogen and oxygen atoms in total. The van der Waals surface area contributed by atoms with E-state index >= 15 is 0 Å². The predicted molar refractivity (Wildman–Crippen MR) is 129 cm³/mol. The van der Waals surface area contributed by atoms with Gasteiger partial charge in [0.1, 0.15) is 5.82 Å². The molecule has 2 aromatic carbocycles. The van der Waals surface area contributed by atoms with Gasteiger partial charge < -0.3 is 15.0 Å². The Labute approximate surface area is 195 Å². The third-order valence-electron chi connectivity index (χ3n) is 5.34. The summed E-state index contributed by atoms with van der Waals surface area (Å²) in [6.45, 7) is 4.03. The highest BCUT2D eigenvalue weighted by atomic mass is 32.2. The molecule has 1 amide bonds. The summed E-state index contributed by atoms with van der Waals surface area (Å²) in [5.41, 5.74) is 3.65. The van der Waals surface area contributed by atoms with E-state index in [0.29, 0.717) is 59.3 Å². The molecule has 2 N–H and O–H groups in total. The van der Waals surface area contributed by atoms with Crippen molar-refractivity contribution in [2.24, 2.45) is 0 Å². The highest BCUT2D eigenvalue weighted by Gasteiger charge is 2.20. The second-order valence-electron chi connectivity index (χ2n) is 7.60. The number of morpholine rings is 1. The number of thioether (sulfide) groups is 1. The van der Waals surface area contributed by atoms with E-state index in [0.717, 1.165) is 5.56 Å². The number of anilines is 2. The summed E-state index contributed by atoms with van der Waals surface area (Å²) in [4.78, 5) is 23.4. The first-order valence-corrected chi connectivity index (χ1v) is 11.7. The van der Waals surface area contributed by atoms with Crippen LogP contribution in [0.1, 0.15) is 21.5 Å². The number of aryl methyl sites for hydroxylation is 1. The average molecular weight is 466 g/mol. The van der Waals surface area contributed by atoms with Crippen LogP contribution in [0.25, 0.3) is 11.1 Å². The molecule has 1 aliphatic heterocycles. The Morgan fingerprint density at radius 3 is 2.58 bits per heavy atom. The van der Waals surface area contributed by atoms with Crippen molar-refractivity contribution < 1.29 is 13.9 Å². The Kier molecular flexibility index (Phi) is 7.00. The van der Waals surface area contributed by atoms with Crippen LogP contribution >= 0.6 is 11.8 Å². The minimum atomic E-state index is -0.338. The fourth-order valence-corrected chi connectivity index (χ4v) is 3.95. The summed E-state index contributed by atoms with van der Waals surface area (Å²) in [5.74, 6) is -0.136. The Morgan fingerprint density at radius 1 is 1.15 bits per heavy atom. The van der Waals surface area contributed by atoms with Gasteiger partial charge in [-0.3, -0.25) is 10.2 Å². The van der Waals surface area contributed by atoms with Crippen LogP contribution in [0.5, 0.6) is 0 Å². The normalized spacial score (nSPS) is 13.6. The van der Waals surface area contributed by atoms with Crippen LogP contribution in [0, 0.1) is 18.2 Å². The summed E-state index contributed by atoms with van der Waals surface area (Å²) >= 11 is 1.30. The van der Waals surface area contributed by atoms with Crippen LogP contribution < -0.4 is 5.32 Å². The Bertz CT molecular complexity index is 1180. The summed E-state index contributed by atoms with van der Waals surface area (Å²) < 4.78 is 19.5. The molecule has 9 heteroatoms. The van der Waals surface area contributed by atoms with E-state index in [1.54, 1.807) is 47.6 Å². The quantitative estimate of drug-likeness (QED) is 0.426. The number of amides is 1. The largest absolute Gasteiger partial charge is 0.378 e. The number of nitrogens with zero attached hydrogens (tertiary/aromatic N) is 3. The van der Waals surface area contributed by atoms with Crippen LogP contribution in [-0.4, -0.2) is 58.4 Å². The minimum Gasteiger partial charge on any atom is -0.378 e. The van der Waals surface area contributed by atoms with E-state index in [-0.39, 0.29) is 17.7 Å². The van der Waals surface area contributed by atoms with Crippen molar-refractivity contribution in [3.8, 4) is 11.1 Å². The van der Waals surface area contributed by atoms with Crippen molar-refractivity contribution in [1.82, 2.24) is 14.9 Å². The van der Waals surface area contributed by atoms with Crippen molar-refractivity contribution in [2.45, 2.75) is 6.92 Å². The average Bonchev–Trinajstić information content (AvgIpc) is 2.85. The summed E-state index contributed by atoms with van der Waals surface area (Å²) in [7, 11) is 0. The van der Waals surface area contributed by atoms with Gasteiger partial charge in [-0.15, -0.1) is 11.8 Å². The third kappa shape index (κ3) is 5.20. The Hall–Kier alpha value is -3.30. The van der Waals surface area contributed by atoms with E-state index in [4.69, 9.17) is 10.1 Å². The summed E-state index contributed by atoms with van der Waals surface area (Å²) in [6.07, 6.45) is 4.92. The fourth-order valence-electron chi connectivity index (χ4n) is 3.55. The number of halogens is 1. The zero-order chi connectivity index (χ0) is 23.4. The molecule has 1 saturated heterocycles. The number of benzene rings is 2. The molecule has 0 radical (unpaired) electrons. The molecule has 33 heavy (non-hydrogen) atoms. The van der Waals surface area contributed by atoms with Crippen molar-refractivity contribution in [1.29, 1.82) is 5.41 Å². The number of nitrogens with one attached hydrogen (secondary N) is 2. The van der Waals surface area contributed by atoms with Gasteiger partial charge in [-0.1, -0.05) is 11.6 Å². The van der Waals surface area contributed by atoms with Gasteiger partial charge in [-0.2, -0.15) is 0 Å². The van der Waals surface area contributed by atoms with E-state index in [2.05, 4.69) is 15.3 Å². The molecule has 1 aliphatic rings. The molecule has 0 saturated carbocycles. The first-order valence-electron chi connectivity index (χ1n) is 10.5. The summed E-state index contributed by atoms with van der Waals surface area (Å²) in [5, 5.41) is 11.8. The van der Waals surface area contributed by atoms with Crippen LogP contribution in [0.15, 0.2) is 48.8 Å². The topological polar surface area (TPSA) is 91.2 Å². The number of aromatic nitrogens is 2. The second kappa shape index (κ2) is 10.1. The lowest BCUT2D eigenvalue weighted by Crippen LogP contribution is -2.40. The van der Waals surface area contributed by atoms with Gasteiger partial charge in [0.05, 0.1) is 23.9 Å².